The van der Waals surface area contributed by atoms with Crippen LogP contribution in [0.3, 0.4) is 0 Å². The molecule has 26 heavy (non-hydrogen) atoms. The van der Waals surface area contributed by atoms with Gasteiger partial charge in [0.05, 0.1) is 0 Å². The van der Waals surface area contributed by atoms with Crippen molar-refractivity contribution in [3.8, 4) is 0 Å². The van der Waals surface area contributed by atoms with E-state index in [0.717, 1.165) is 37.7 Å². The summed E-state index contributed by atoms with van der Waals surface area (Å²) >= 11 is 0. The Bertz CT molecular complexity index is 500. The summed E-state index contributed by atoms with van der Waals surface area (Å²) in [5.74, 6) is 0. The van der Waals surface area contributed by atoms with E-state index in [4.69, 9.17) is 0 Å². The maximum atomic E-state index is 12.5. The van der Waals surface area contributed by atoms with Crippen molar-refractivity contribution in [2.24, 2.45) is 0 Å². The zero-order chi connectivity index (χ0) is 20.4. The molecule has 0 aliphatic rings. The van der Waals surface area contributed by atoms with Crippen molar-refractivity contribution < 1.29 is 28.7 Å². The summed E-state index contributed by atoms with van der Waals surface area (Å²) in [6.07, 6.45) is 6.68. The highest BCUT2D eigenvalue weighted by atomic mass is 31.2. The quantitative estimate of drug-likeness (QED) is 0.215. The smallest absolute Gasteiger partial charge is 0.323 e. The second-order valence-corrected chi connectivity index (χ2v) is 11.1. The highest BCUT2D eigenvalue weighted by Gasteiger charge is 2.61. The molecule has 0 aromatic heterocycles. The number of hydrogen-bond acceptors (Lipinski definition) is 2. The lowest BCUT2D eigenvalue weighted by molar-refractivity contribution is 0.309. The SMILES string of the molecule is CCCCC(CCCC)=C(CCCC)C(CCC)(P(=O)(O)O)P(=O)(O)O. The Morgan fingerprint density at radius 1 is 0.692 bits per heavy atom. The van der Waals surface area contributed by atoms with Gasteiger partial charge in [0.25, 0.3) is 0 Å². The minimum absolute atomic E-state index is 0.206. The molecule has 0 radical (unpaired) electrons. The van der Waals surface area contributed by atoms with Gasteiger partial charge in [-0.05, 0) is 50.5 Å². The van der Waals surface area contributed by atoms with Crippen LogP contribution in [0.15, 0.2) is 11.1 Å². The van der Waals surface area contributed by atoms with Crippen molar-refractivity contribution in [1.82, 2.24) is 0 Å². The first-order valence-electron chi connectivity index (χ1n) is 9.86. The molecule has 8 heteroatoms. The molecule has 4 N–H and O–H groups in total. The van der Waals surface area contributed by atoms with Crippen LogP contribution in [-0.2, 0) is 9.13 Å². The van der Waals surface area contributed by atoms with Crippen LogP contribution in [0, 0.1) is 0 Å². The molecule has 0 atom stereocenters. The largest absolute Gasteiger partial charge is 0.347 e. The third kappa shape index (κ3) is 6.58. The van der Waals surface area contributed by atoms with Gasteiger partial charge in [-0.1, -0.05) is 59.0 Å². The molecule has 0 rings (SSSR count). The molecule has 0 heterocycles. The van der Waals surface area contributed by atoms with Gasteiger partial charge in [0.15, 0.2) is 4.90 Å². The average Bonchev–Trinajstić information content (AvgIpc) is 2.53. The summed E-state index contributed by atoms with van der Waals surface area (Å²) in [6, 6.07) is 0. The third-order valence-electron chi connectivity index (χ3n) is 4.92. The van der Waals surface area contributed by atoms with Crippen LogP contribution >= 0.6 is 15.2 Å². The van der Waals surface area contributed by atoms with Crippen LogP contribution in [0.5, 0.6) is 0 Å². The Balaban J connectivity index is 6.72. The number of rotatable bonds is 14. The van der Waals surface area contributed by atoms with Crippen molar-refractivity contribution in [3.63, 3.8) is 0 Å². The second-order valence-electron chi connectivity index (χ2n) is 7.05. The molecule has 0 saturated heterocycles. The van der Waals surface area contributed by atoms with Crippen molar-refractivity contribution in [3.05, 3.63) is 11.1 Å². The predicted molar refractivity (Wildman–Crippen MR) is 107 cm³/mol. The fourth-order valence-corrected chi connectivity index (χ4v) is 7.16. The van der Waals surface area contributed by atoms with Crippen molar-refractivity contribution in [2.75, 3.05) is 0 Å². The molecular formula is C18H38O6P2. The Labute approximate surface area is 158 Å². The maximum Gasteiger partial charge on any atom is 0.347 e. The van der Waals surface area contributed by atoms with Gasteiger partial charge in [-0.25, -0.2) is 0 Å². The first-order chi connectivity index (χ1) is 12.0. The van der Waals surface area contributed by atoms with Crippen LogP contribution < -0.4 is 0 Å². The fraction of sp³-hybridized carbons (Fsp3) is 0.889. The molecule has 0 aromatic rings. The maximum absolute atomic E-state index is 12.5. The van der Waals surface area contributed by atoms with Crippen molar-refractivity contribution in [2.45, 2.75) is 103 Å². The first-order valence-corrected chi connectivity index (χ1v) is 13.1. The van der Waals surface area contributed by atoms with E-state index in [-0.39, 0.29) is 6.42 Å². The van der Waals surface area contributed by atoms with Gasteiger partial charge >= 0.3 is 15.2 Å². The zero-order valence-electron chi connectivity index (χ0n) is 16.8. The van der Waals surface area contributed by atoms with E-state index in [2.05, 4.69) is 0 Å². The van der Waals surface area contributed by atoms with E-state index in [1.54, 1.807) is 6.92 Å². The van der Waals surface area contributed by atoms with Gasteiger partial charge in [-0.15, -0.1) is 0 Å². The molecule has 0 aromatic carbocycles. The Morgan fingerprint density at radius 3 is 1.38 bits per heavy atom. The number of unbranched alkanes of at least 4 members (excludes halogenated alkanes) is 3. The van der Waals surface area contributed by atoms with Gasteiger partial charge in [0, 0.05) is 0 Å². The molecule has 0 fully saturated rings. The molecule has 0 amide bonds. The minimum atomic E-state index is -5.08. The van der Waals surface area contributed by atoms with Gasteiger partial charge in [-0.2, -0.15) is 0 Å². The number of hydrogen-bond donors (Lipinski definition) is 4. The summed E-state index contributed by atoms with van der Waals surface area (Å²) in [7, 11) is -10.2. The second kappa shape index (κ2) is 11.8. The average molecular weight is 412 g/mol. The van der Waals surface area contributed by atoms with E-state index >= 15 is 0 Å². The number of allylic oxidation sites excluding steroid dienone is 2. The molecule has 0 aliphatic carbocycles. The summed E-state index contributed by atoms with van der Waals surface area (Å²) in [4.78, 5) is 38.2. The minimum Gasteiger partial charge on any atom is -0.323 e. The predicted octanol–water partition coefficient (Wildman–Crippen LogP) is 5.71. The standard InChI is InChI=1S/C18H38O6P2/c1-5-9-12-16(13-10-6-2)17(14-11-7-3)18(15-8-4,25(19,20)21)26(22,23)24/h5-15H2,1-4H3,(H2,19,20,21)(H2,22,23,24). The van der Waals surface area contributed by atoms with E-state index in [1.807, 2.05) is 20.8 Å². The van der Waals surface area contributed by atoms with Crippen LogP contribution in [0.4, 0.5) is 0 Å². The molecule has 0 spiro atoms. The van der Waals surface area contributed by atoms with Gasteiger partial charge in [0.1, 0.15) is 0 Å². The van der Waals surface area contributed by atoms with Crippen LogP contribution in [0.1, 0.15) is 98.3 Å². The monoisotopic (exact) mass is 412 g/mol. The lowest BCUT2D eigenvalue weighted by Gasteiger charge is -2.38. The van der Waals surface area contributed by atoms with E-state index in [9.17, 15) is 28.7 Å². The van der Waals surface area contributed by atoms with E-state index < -0.39 is 20.1 Å². The molecule has 0 bridgehead atoms. The molecule has 0 unspecified atom stereocenters. The molecule has 0 aliphatic heterocycles. The molecule has 156 valence electrons. The first kappa shape index (κ1) is 26.0. The Kier molecular flexibility index (Phi) is 11.8. The van der Waals surface area contributed by atoms with Crippen molar-refractivity contribution >= 4 is 15.2 Å². The summed E-state index contributed by atoms with van der Waals surface area (Å²) < 4.78 is 25.0. The lowest BCUT2D eigenvalue weighted by Crippen LogP contribution is -2.33. The molecular weight excluding hydrogens is 374 g/mol. The van der Waals surface area contributed by atoms with Crippen LogP contribution in [0.25, 0.3) is 0 Å². The van der Waals surface area contributed by atoms with E-state index in [0.29, 0.717) is 37.7 Å². The van der Waals surface area contributed by atoms with Crippen LogP contribution in [-0.4, -0.2) is 24.5 Å². The lowest BCUT2D eigenvalue weighted by atomic mass is 9.90. The van der Waals surface area contributed by atoms with Gasteiger partial charge in [0.2, 0.25) is 0 Å². The highest BCUT2D eigenvalue weighted by molar-refractivity contribution is 7.72. The Morgan fingerprint density at radius 2 is 1.08 bits per heavy atom. The van der Waals surface area contributed by atoms with Crippen LogP contribution in [0.2, 0.25) is 0 Å². The molecule has 0 saturated carbocycles. The zero-order valence-corrected chi connectivity index (χ0v) is 18.6. The van der Waals surface area contributed by atoms with E-state index in [1.165, 1.54) is 0 Å². The normalized spacial score (nSPS) is 13.1. The topological polar surface area (TPSA) is 115 Å². The third-order valence-corrected chi connectivity index (χ3v) is 9.39. The fourth-order valence-electron chi connectivity index (χ4n) is 3.53. The van der Waals surface area contributed by atoms with Crippen molar-refractivity contribution in [1.29, 1.82) is 0 Å². The Hall–Kier alpha value is 0.0400. The van der Waals surface area contributed by atoms with Gasteiger partial charge < -0.3 is 19.6 Å². The summed E-state index contributed by atoms with van der Waals surface area (Å²) in [5, 5.41) is 0. The highest BCUT2D eigenvalue weighted by Crippen LogP contribution is 2.75. The molecule has 6 nitrogen and oxygen atoms in total. The summed E-state index contributed by atoms with van der Waals surface area (Å²) in [5.41, 5.74) is 1.19. The van der Waals surface area contributed by atoms with Gasteiger partial charge in [-0.3, -0.25) is 9.13 Å². The summed E-state index contributed by atoms with van der Waals surface area (Å²) in [6.45, 7) is 7.74.